The van der Waals surface area contributed by atoms with Gasteiger partial charge in [0, 0.05) is 11.8 Å². The van der Waals surface area contributed by atoms with Crippen LogP contribution in [-0.4, -0.2) is 30.9 Å². The van der Waals surface area contributed by atoms with E-state index in [9.17, 15) is 4.79 Å². The average molecular weight is 332 g/mol. The Morgan fingerprint density at radius 1 is 1.26 bits per heavy atom. The maximum atomic E-state index is 12.1. The van der Waals surface area contributed by atoms with Crippen LogP contribution in [0.25, 0.3) is 0 Å². The molecule has 0 aliphatic carbocycles. The number of carbonyl (C=O) groups is 1. The van der Waals surface area contributed by atoms with Gasteiger partial charge in [0.15, 0.2) is 0 Å². The average Bonchev–Trinajstić information content (AvgIpc) is 2.60. The van der Waals surface area contributed by atoms with Gasteiger partial charge in [0.05, 0.1) is 31.0 Å². The van der Waals surface area contributed by atoms with Crippen molar-refractivity contribution >= 4 is 17.7 Å². The molecule has 2 aromatic rings. The summed E-state index contributed by atoms with van der Waals surface area (Å²) < 4.78 is 10.6. The summed E-state index contributed by atoms with van der Waals surface area (Å²) in [6.45, 7) is 1.92. The zero-order valence-electron chi connectivity index (χ0n) is 13.4. The molecule has 122 valence electrons. The lowest BCUT2D eigenvalue weighted by atomic mass is 10.1. The first kappa shape index (κ1) is 17.1. The van der Waals surface area contributed by atoms with Gasteiger partial charge in [0.1, 0.15) is 11.5 Å². The second-order valence-electron chi connectivity index (χ2n) is 4.85. The van der Waals surface area contributed by atoms with E-state index in [1.54, 1.807) is 20.4 Å². The molecule has 0 saturated carbocycles. The Balaban J connectivity index is 1.98. The topological polar surface area (TPSA) is 60.5 Å². The van der Waals surface area contributed by atoms with Gasteiger partial charge in [-0.2, -0.15) is 0 Å². The van der Waals surface area contributed by atoms with Crippen LogP contribution in [0.1, 0.15) is 18.5 Å². The molecule has 1 unspecified atom stereocenters. The predicted octanol–water partition coefficient (Wildman–Crippen LogP) is 3.07. The number of nitrogens with one attached hydrogen (secondary N) is 1. The molecule has 1 amide bonds. The van der Waals surface area contributed by atoms with Gasteiger partial charge in [-0.3, -0.25) is 4.79 Å². The summed E-state index contributed by atoms with van der Waals surface area (Å²) in [6, 6.07) is 11.0. The van der Waals surface area contributed by atoms with E-state index in [2.05, 4.69) is 10.3 Å². The molecular weight excluding hydrogens is 312 g/mol. The number of nitrogens with zero attached hydrogens (tertiary/aromatic N) is 1. The molecule has 0 spiro atoms. The van der Waals surface area contributed by atoms with Crippen molar-refractivity contribution in [2.75, 3.05) is 20.0 Å². The van der Waals surface area contributed by atoms with E-state index in [1.807, 2.05) is 43.3 Å². The lowest BCUT2D eigenvalue weighted by molar-refractivity contribution is -0.119. The Labute approximate surface area is 140 Å². The molecule has 1 heterocycles. The number of benzene rings is 1. The van der Waals surface area contributed by atoms with Crippen LogP contribution in [0.3, 0.4) is 0 Å². The number of rotatable bonds is 7. The number of hydrogen-bond donors (Lipinski definition) is 1. The molecule has 23 heavy (non-hydrogen) atoms. The summed E-state index contributed by atoms with van der Waals surface area (Å²) >= 11 is 1.40. The SMILES string of the molecule is COc1ccc(OC)c(C(C)NC(=O)CSc2ccccn2)c1. The molecular formula is C17H20N2O3S. The smallest absolute Gasteiger partial charge is 0.230 e. The van der Waals surface area contributed by atoms with E-state index in [0.717, 1.165) is 22.1 Å². The van der Waals surface area contributed by atoms with Gasteiger partial charge >= 0.3 is 0 Å². The quantitative estimate of drug-likeness (QED) is 0.790. The molecule has 1 N–H and O–H groups in total. The summed E-state index contributed by atoms with van der Waals surface area (Å²) in [5.41, 5.74) is 0.878. The normalized spacial score (nSPS) is 11.6. The fraction of sp³-hybridized carbons (Fsp3) is 0.294. The number of pyridine rings is 1. The number of aromatic nitrogens is 1. The number of methoxy groups -OCH3 is 2. The minimum absolute atomic E-state index is 0.0574. The van der Waals surface area contributed by atoms with E-state index in [0.29, 0.717) is 5.75 Å². The monoisotopic (exact) mass is 332 g/mol. The zero-order chi connectivity index (χ0) is 16.7. The number of ether oxygens (including phenoxy) is 2. The van der Waals surface area contributed by atoms with Crippen LogP contribution in [-0.2, 0) is 4.79 Å². The number of thioether (sulfide) groups is 1. The molecule has 0 radical (unpaired) electrons. The second kappa shape index (κ2) is 8.43. The van der Waals surface area contributed by atoms with Crippen molar-refractivity contribution < 1.29 is 14.3 Å². The first-order valence-corrected chi connectivity index (χ1v) is 8.17. The standard InChI is InChI=1S/C17H20N2O3S/c1-12(14-10-13(21-2)7-8-15(14)22-3)19-16(20)11-23-17-6-4-5-9-18-17/h4-10,12H,11H2,1-3H3,(H,19,20). The van der Waals surface area contributed by atoms with Crippen molar-refractivity contribution in [2.24, 2.45) is 0 Å². The summed E-state index contributed by atoms with van der Waals surface area (Å²) in [7, 11) is 3.22. The highest BCUT2D eigenvalue weighted by molar-refractivity contribution is 7.99. The zero-order valence-corrected chi connectivity index (χ0v) is 14.2. The van der Waals surface area contributed by atoms with Crippen LogP contribution in [0.5, 0.6) is 11.5 Å². The van der Waals surface area contributed by atoms with Crippen LogP contribution in [0.4, 0.5) is 0 Å². The molecule has 0 bridgehead atoms. The van der Waals surface area contributed by atoms with Crippen LogP contribution < -0.4 is 14.8 Å². The fourth-order valence-corrected chi connectivity index (χ4v) is 2.78. The third kappa shape index (κ3) is 4.89. The molecule has 0 saturated heterocycles. The second-order valence-corrected chi connectivity index (χ2v) is 5.85. The molecule has 6 heteroatoms. The highest BCUT2D eigenvalue weighted by Crippen LogP contribution is 2.29. The van der Waals surface area contributed by atoms with E-state index < -0.39 is 0 Å². The molecule has 0 aliphatic rings. The van der Waals surface area contributed by atoms with Gasteiger partial charge in [-0.15, -0.1) is 0 Å². The molecule has 0 aliphatic heterocycles. The van der Waals surface area contributed by atoms with Gasteiger partial charge in [0.2, 0.25) is 5.91 Å². The Hall–Kier alpha value is -2.21. The molecule has 0 fully saturated rings. The van der Waals surface area contributed by atoms with Crippen molar-refractivity contribution in [1.82, 2.24) is 10.3 Å². The maximum Gasteiger partial charge on any atom is 0.230 e. The van der Waals surface area contributed by atoms with Gasteiger partial charge in [-0.1, -0.05) is 17.8 Å². The molecule has 1 aromatic heterocycles. The van der Waals surface area contributed by atoms with Crippen molar-refractivity contribution in [3.05, 3.63) is 48.2 Å². The van der Waals surface area contributed by atoms with Crippen LogP contribution >= 0.6 is 11.8 Å². The van der Waals surface area contributed by atoms with E-state index >= 15 is 0 Å². The number of amides is 1. The Morgan fingerprint density at radius 3 is 2.74 bits per heavy atom. The first-order valence-electron chi connectivity index (χ1n) is 7.19. The number of hydrogen-bond acceptors (Lipinski definition) is 5. The maximum absolute atomic E-state index is 12.1. The van der Waals surface area contributed by atoms with Crippen LogP contribution in [0, 0.1) is 0 Å². The summed E-state index contributed by atoms with van der Waals surface area (Å²) in [5.74, 6) is 1.70. The fourth-order valence-electron chi connectivity index (χ4n) is 2.11. The van der Waals surface area contributed by atoms with E-state index in [-0.39, 0.29) is 11.9 Å². The Morgan fingerprint density at radius 2 is 2.09 bits per heavy atom. The largest absolute Gasteiger partial charge is 0.497 e. The van der Waals surface area contributed by atoms with Crippen LogP contribution in [0.2, 0.25) is 0 Å². The lowest BCUT2D eigenvalue weighted by Crippen LogP contribution is -2.28. The minimum atomic E-state index is -0.183. The minimum Gasteiger partial charge on any atom is -0.497 e. The van der Waals surface area contributed by atoms with Crippen molar-refractivity contribution in [3.8, 4) is 11.5 Å². The molecule has 1 aromatic carbocycles. The van der Waals surface area contributed by atoms with Gasteiger partial charge in [0.25, 0.3) is 0 Å². The van der Waals surface area contributed by atoms with Gasteiger partial charge < -0.3 is 14.8 Å². The van der Waals surface area contributed by atoms with Crippen molar-refractivity contribution in [1.29, 1.82) is 0 Å². The van der Waals surface area contributed by atoms with E-state index in [4.69, 9.17) is 9.47 Å². The first-order chi connectivity index (χ1) is 11.1. The predicted molar refractivity (Wildman–Crippen MR) is 91.1 cm³/mol. The summed E-state index contributed by atoms with van der Waals surface area (Å²) in [6.07, 6.45) is 1.71. The van der Waals surface area contributed by atoms with Crippen molar-refractivity contribution in [3.63, 3.8) is 0 Å². The van der Waals surface area contributed by atoms with Gasteiger partial charge in [-0.25, -0.2) is 4.98 Å². The molecule has 5 nitrogen and oxygen atoms in total. The van der Waals surface area contributed by atoms with Gasteiger partial charge in [-0.05, 0) is 37.3 Å². The lowest BCUT2D eigenvalue weighted by Gasteiger charge is -2.18. The summed E-state index contributed by atoms with van der Waals surface area (Å²) in [5, 5.41) is 3.80. The third-order valence-corrected chi connectivity index (χ3v) is 4.21. The third-order valence-electron chi connectivity index (χ3n) is 3.27. The molecule has 2 rings (SSSR count). The summed E-state index contributed by atoms with van der Waals surface area (Å²) in [4.78, 5) is 16.3. The molecule has 1 atom stereocenters. The van der Waals surface area contributed by atoms with E-state index in [1.165, 1.54) is 11.8 Å². The Bertz CT molecular complexity index is 650. The Kier molecular flexibility index (Phi) is 6.29. The highest BCUT2D eigenvalue weighted by atomic mass is 32.2. The van der Waals surface area contributed by atoms with Crippen LogP contribution in [0.15, 0.2) is 47.6 Å². The number of carbonyl (C=O) groups excluding carboxylic acids is 1. The van der Waals surface area contributed by atoms with Crippen molar-refractivity contribution in [2.45, 2.75) is 18.0 Å². The highest BCUT2D eigenvalue weighted by Gasteiger charge is 2.15.